The van der Waals surface area contributed by atoms with Crippen molar-refractivity contribution in [2.45, 2.75) is 51.9 Å². The van der Waals surface area contributed by atoms with Gasteiger partial charge in [0.15, 0.2) is 0 Å². The van der Waals surface area contributed by atoms with Gasteiger partial charge in [-0.1, -0.05) is 52.0 Å². The molecular formula is C15H22O. The number of carbonyl (C=O) groups excluding carboxylic acids is 1. The molecule has 1 aromatic carbocycles. The predicted octanol–water partition coefficient (Wildman–Crippen LogP) is 4.07. The predicted molar refractivity (Wildman–Crippen MR) is 68.9 cm³/mol. The van der Waals surface area contributed by atoms with E-state index in [9.17, 15) is 4.79 Å². The zero-order valence-electron chi connectivity index (χ0n) is 10.8. The molecule has 16 heavy (non-hydrogen) atoms. The van der Waals surface area contributed by atoms with Gasteiger partial charge in [0.25, 0.3) is 0 Å². The maximum absolute atomic E-state index is 10.3. The molecule has 88 valence electrons. The van der Waals surface area contributed by atoms with Crippen molar-refractivity contribution in [1.29, 1.82) is 0 Å². The number of benzene rings is 1. The van der Waals surface area contributed by atoms with Crippen LogP contribution in [0.5, 0.6) is 0 Å². The monoisotopic (exact) mass is 218 g/mol. The molecule has 1 heteroatoms. The van der Waals surface area contributed by atoms with E-state index in [-0.39, 0.29) is 5.41 Å². The fraction of sp³-hybridized carbons (Fsp3) is 0.533. The Balaban J connectivity index is 2.74. The zero-order chi connectivity index (χ0) is 12.2. The minimum absolute atomic E-state index is 0.213. The van der Waals surface area contributed by atoms with Crippen molar-refractivity contribution in [1.82, 2.24) is 0 Å². The first-order valence-corrected chi connectivity index (χ1v) is 5.99. The highest BCUT2D eigenvalue weighted by Crippen LogP contribution is 2.25. The zero-order valence-corrected chi connectivity index (χ0v) is 10.8. The SMILES string of the molecule is CC(CCC=O)c1ccc(C(C)(C)C)cc1. The average Bonchev–Trinajstić information content (AvgIpc) is 2.25. The van der Waals surface area contributed by atoms with E-state index in [0.29, 0.717) is 12.3 Å². The van der Waals surface area contributed by atoms with E-state index in [4.69, 9.17) is 0 Å². The Morgan fingerprint density at radius 3 is 2.19 bits per heavy atom. The van der Waals surface area contributed by atoms with Gasteiger partial charge in [-0.15, -0.1) is 0 Å². The maximum Gasteiger partial charge on any atom is 0.120 e. The van der Waals surface area contributed by atoms with Crippen LogP contribution >= 0.6 is 0 Å². The molecule has 0 N–H and O–H groups in total. The van der Waals surface area contributed by atoms with Crippen LogP contribution in [0.2, 0.25) is 0 Å². The molecule has 0 aliphatic carbocycles. The Morgan fingerprint density at radius 2 is 1.75 bits per heavy atom. The fourth-order valence-electron chi connectivity index (χ4n) is 1.80. The molecule has 1 nitrogen and oxygen atoms in total. The Hall–Kier alpha value is -1.11. The van der Waals surface area contributed by atoms with E-state index in [2.05, 4.69) is 52.0 Å². The molecule has 0 aromatic heterocycles. The molecule has 1 atom stereocenters. The highest BCUT2D eigenvalue weighted by molar-refractivity contribution is 5.49. The summed E-state index contributed by atoms with van der Waals surface area (Å²) in [5, 5.41) is 0. The lowest BCUT2D eigenvalue weighted by Gasteiger charge is -2.20. The van der Waals surface area contributed by atoms with Crippen LogP contribution in [0.3, 0.4) is 0 Å². The van der Waals surface area contributed by atoms with E-state index in [1.54, 1.807) is 0 Å². The third kappa shape index (κ3) is 3.48. The first-order chi connectivity index (χ1) is 7.45. The van der Waals surface area contributed by atoms with Gasteiger partial charge in [-0.05, 0) is 28.9 Å². The molecule has 0 heterocycles. The van der Waals surface area contributed by atoms with Crippen LogP contribution < -0.4 is 0 Å². The van der Waals surface area contributed by atoms with Crippen molar-refractivity contribution < 1.29 is 4.79 Å². The first kappa shape index (κ1) is 13.0. The molecule has 0 saturated heterocycles. The minimum atomic E-state index is 0.213. The molecule has 1 unspecified atom stereocenters. The van der Waals surface area contributed by atoms with E-state index in [0.717, 1.165) is 12.7 Å². The van der Waals surface area contributed by atoms with Gasteiger partial charge in [0.2, 0.25) is 0 Å². The van der Waals surface area contributed by atoms with Crippen LogP contribution in [0.1, 0.15) is 57.6 Å². The van der Waals surface area contributed by atoms with Crippen LogP contribution in [-0.2, 0) is 10.2 Å². The Morgan fingerprint density at radius 1 is 1.19 bits per heavy atom. The third-order valence-electron chi connectivity index (χ3n) is 3.06. The van der Waals surface area contributed by atoms with E-state index < -0.39 is 0 Å². The van der Waals surface area contributed by atoms with E-state index >= 15 is 0 Å². The molecule has 0 saturated carbocycles. The van der Waals surface area contributed by atoms with Gasteiger partial charge in [0, 0.05) is 6.42 Å². The number of rotatable bonds is 4. The molecule has 1 aromatic rings. The number of hydrogen-bond acceptors (Lipinski definition) is 1. The lowest BCUT2D eigenvalue weighted by molar-refractivity contribution is -0.108. The highest BCUT2D eigenvalue weighted by Gasteiger charge is 2.13. The molecule has 0 aliphatic heterocycles. The highest BCUT2D eigenvalue weighted by atomic mass is 16.1. The maximum atomic E-state index is 10.3. The van der Waals surface area contributed by atoms with Crippen LogP contribution in [0.25, 0.3) is 0 Å². The summed E-state index contributed by atoms with van der Waals surface area (Å²) in [5.74, 6) is 0.471. The van der Waals surface area contributed by atoms with Gasteiger partial charge in [0.05, 0.1) is 0 Å². The molecule has 0 spiro atoms. The molecule has 0 bridgehead atoms. The lowest BCUT2D eigenvalue weighted by Crippen LogP contribution is -2.10. The topological polar surface area (TPSA) is 17.1 Å². The summed E-state index contributed by atoms with van der Waals surface area (Å²) >= 11 is 0. The van der Waals surface area contributed by atoms with Gasteiger partial charge in [-0.2, -0.15) is 0 Å². The van der Waals surface area contributed by atoms with Crippen molar-refractivity contribution in [3.63, 3.8) is 0 Å². The average molecular weight is 218 g/mol. The lowest BCUT2D eigenvalue weighted by atomic mass is 9.85. The van der Waals surface area contributed by atoms with Gasteiger partial charge in [-0.25, -0.2) is 0 Å². The number of carbonyl (C=O) groups is 1. The van der Waals surface area contributed by atoms with Gasteiger partial charge >= 0.3 is 0 Å². The Bertz CT molecular complexity index is 329. The van der Waals surface area contributed by atoms with Crippen molar-refractivity contribution in [3.8, 4) is 0 Å². The van der Waals surface area contributed by atoms with Crippen molar-refractivity contribution >= 4 is 6.29 Å². The summed E-state index contributed by atoms with van der Waals surface area (Å²) in [6, 6.07) is 8.78. The van der Waals surface area contributed by atoms with E-state index in [1.165, 1.54) is 11.1 Å². The summed E-state index contributed by atoms with van der Waals surface area (Å²) in [6.45, 7) is 8.84. The molecular weight excluding hydrogens is 196 g/mol. The van der Waals surface area contributed by atoms with Crippen molar-refractivity contribution in [2.24, 2.45) is 0 Å². The third-order valence-corrected chi connectivity index (χ3v) is 3.06. The van der Waals surface area contributed by atoms with Crippen LogP contribution in [0.4, 0.5) is 0 Å². The fourth-order valence-corrected chi connectivity index (χ4v) is 1.80. The molecule has 1 rings (SSSR count). The summed E-state index contributed by atoms with van der Waals surface area (Å²) in [6.07, 6.45) is 2.60. The second-order valence-electron chi connectivity index (χ2n) is 5.52. The van der Waals surface area contributed by atoms with Gasteiger partial charge in [0.1, 0.15) is 6.29 Å². The quantitative estimate of drug-likeness (QED) is 0.696. The standard InChI is InChI=1S/C15H22O/c1-12(6-5-11-16)13-7-9-14(10-8-13)15(2,3)4/h7-12H,5-6H2,1-4H3. The van der Waals surface area contributed by atoms with Crippen LogP contribution in [0, 0.1) is 0 Å². The second kappa shape index (κ2) is 5.29. The summed E-state index contributed by atoms with van der Waals surface area (Å²) in [4.78, 5) is 10.3. The first-order valence-electron chi connectivity index (χ1n) is 5.99. The Labute approximate surface area is 98.9 Å². The summed E-state index contributed by atoms with van der Waals surface area (Å²) < 4.78 is 0. The normalized spacial score (nSPS) is 13.5. The van der Waals surface area contributed by atoms with Gasteiger partial charge in [-0.3, -0.25) is 0 Å². The largest absolute Gasteiger partial charge is 0.303 e. The van der Waals surface area contributed by atoms with E-state index in [1.807, 2.05) is 0 Å². The van der Waals surface area contributed by atoms with Crippen LogP contribution in [0.15, 0.2) is 24.3 Å². The molecule has 0 radical (unpaired) electrons. The number of hydrogen-bond donors (Lipinski definition) is 0. The van der Waals surface area contributed by atoms with Crippen LogP contribution in [-0.4, -0.2) is 6.29 Å². The molecule has 0 fully saturated rings. The summed E-state index contributed by atoms with van der Waals surface area (Å²) in [5.41, 5.74) is 2.90. The van der Waals surface area contributed by atoms with Crippen molar-refractivity contribution in [2.75, 3.05) is 0 Å². The summed E-state index contributed by atoms with van der Waals surface area (Å²) in [7, 11) is 0. The second-order valence-corrected chi connectivity index (χ2v) is 5.52. The Kier molecular flexibility index (Phi) is 4.28. The smallest absolute Gasteiger partial charge is 0.120 e. The van der Waals surface area contributed by atoms with Gasteiger partial charge < -0.3 is 4.79 Å². The molecule has 0 aliphatic rings. The number of aldehydes is 1. The van der Waals surface area contributed by atoms with Crippen molar-refractivity contribution in [3.05, 3.63) is 35.4 Å². The minimum Gasteiger partial charge on any atom is -0.303 e. The molecule has 0 amide bonds.